The third-order valence-electron chi connectivity index (χ3n) is 3.20. The number of aromatic nitrogens is 1. The molecule has 2 nitrogen and oxygen atoms in total. The Balaban J connectivity index is 1.88. The van der Waals surface area contributed by atoms with Gasteiger partial charge in [-0.2, -0.15) is 0 Å². The molecule has 106 valence electrons. The van der Waals surface area contributed by atoms with Crippen LogP contribution in [0.1, 0.15) is 5.56 Å². The molecule has 0 unspecified atom stereocenters. The fourth-order valence-corrected chi connectivity index (χ4v) is 2.54. The van der Waals surface area contributed by atoms with Gasteiger partial charge in [-0.1, -0.05) is 29.3 Å². The van der Waals surface area contributed by atoms with Crippen LogP contribution in [0.25, 0.3) is 10.9 Å². The van der Waals surface area contributed by atoms with Crippen LogP contribution < -0.4 is 5.32 Å². The number of benzene rings is 2. The van der Waals surface area contributed by atoms with Gasteiger partial charge in [0.15, 0.2) is 0 Å². The molecule has 0 saturated heterocycles. The second-order valence-corrected chi connectivity index (χ2v) is 5.40. The molecule has 0 aliphatic rings. The Labute approximate surface area is 131 Å². The van der Waals surface area contributed by atoms with E-state index >= 15 is 0 Å². The van der Waals surface area contributed by atoms with Crippen LogP contribution in [-0.4, -0.2) is 4.98 Å². The Hall–Kier alpha value is -1.84. The smallest absolute Gasteiger partial charge is 0.141 e. The van der Waals surface area contributed by atoms with Crippen molar-refractivity contribution in [3.63, 3.8) is 0 Å². The molecule has 0 radical (unpaired) electrons. The Kier molecular flexibility index (Phi) is 3.95. The minimum Gasteiger partial charge on any atom is -0.381 e. The predicted octanol–water partition coefficient (Wildman–Crippen LogP) is 5.29. The molecular weight excluding hydrogens is 310 g/mol. The SMILES string of the molecule is Fc1ccc(NCc2ccc(Cl)c3cccnc23)cc1Cl. The molecule has 3 aromatic rings. The van der Waals surface area contributed by atoms with Crippen molar-refractivity contribution in [3.05, 3.63) is 70.1 Å². The lowest BCUT2D eigenvalue weighted by Crippen LogP contribution is -2.01. The zero-order valence-electron chi connectivity index (χ0n) is 10.9. The van der Waals surface area contributed by atoms with Crippen molar-refractivity contribution >= 4 is 39.8 Å². The molecule has 3 rings (SSSR count). The van der Waals surface area contributed by atoms with Gasteiger partial charge in [-0.15, -0.1) is 0 Å². The normalized spacial score (nSPS) is 10.8. The summed E-state index contributed by atoms with van der Waals surface area (Å²) in [7, 11) is 0. The summed E-state index contributed by atoms with van der Waals surface area (Å²) in [5, 5.41) is 4.89. The summed E-state index contributed by atoms with van der Waals surface area (Å²) in [5.74, 6) is -0.430. The van der Waals surface area contributed by atoms with Gasteiger partial charge in [0.25, 0.3) is 0 Å². The van der Waals surface area contributed by atoms with E-state index in [9.17, 15) is 4.39 Å². The monoisotopic (exact) mass is 320 g/mol. The number of rotatable bonds is 3. The fraction of sp³-hybridized carbons (Fsp3) is 0.0625. The minimum atomic E-state index is -0.430. The molecule has 0 spiro atoms. The molecule has 1 N–H and O–H groups in total. The van der Waals surface area contributed by atoms with Crippen LogP contribution in [-0.2, 0) is 6.54 Å². The molecule has 1 heterocycles. The third kappa shape index (κ3) is 2.94. The average Bonchev–Trinajstić information content (AvgIpc) is 2.50. The van der Waals surface area contributed by atoms with E-state index in [1.165, 1.54) is 6.07 Å². The number of nitrogens with one attached hydrogen (secondary N) is 1. The predicted molar refractivity (Wildman–Crippen MR) is 85.5 cm³/mol. The van der Waals surface area contributed by atoms with Crippen LogP contribution in [0.5, 0.6) is 0 Å². The maximum atomic E-state index is 13.1. The number of fused-ring (bicyclic) bond motifs is 1. The second kappa shape index (κ2) is 5.88. The number of nitrogens with zero attached hydrogens (tertiary/aromatic N) is 1. The molecule has 0 atom stereocenters. The quantitative estimate of drug-likeness (QED) is 0.709. The molecule has 0 fully saturated rings. The summed E-state index contributed by atoms with van der Waals surface area (Å²) in [6, 6.07) is 12.1. The Morgan fingerprint density at radius 3 is 2.71 bits per heavy atom. The van der Waals surface area contributed by atoms with E-state index in [0.29, 0.717) is 11.6 Å². The summed E-state index contributed by atoms with van der Waals surface area (Å²) in [6.07, 6.45) is 1.73. The first-order valence-corrected chi connectivity index (χ1v) is 7.12. The zero-order valence-corrected chi connectivity index (χ0v) is 12.4. The lowest BCUT2D eigenvalue weighted by molar-refractivity contribution is 0.628. The largest absolute Gasteiger partial charge is 0.381 e. The number of anilines is 1. The summed E-state index contributed by atoms with van der Waals surface area (Å²) < 4.78 is 13.1. The molecule has 0 amide bonds. The van der Waals surface area contributed by atoms with Crippen LogP contribution in [0, 0.1) is 5.82 Å². The van der Waals surface area contributed by atoms with Crippen LogP contribution in [0.4, 0.5) is 10.1 Å². The highest BCUT2D eigenvalue weighted by molar-refractivity contribution is 6.35. The lowest BCUT2D eigenvalue weighted by atomic mass is 10.1. The van der Waals surface area contributed by atoms with Crippen molar-refractivity contribution in [2.75, 3.05) is 5.32 Å². The maximum Gasteiger partial charge on any atom is 0.141 e. The Morgan fingerprint density at radius 2 is 1.90 bits per heavy atom. The molecule has 0 saturated carbocycles. The fourth-order valence-electron chi connectivity index (χ4n) is 2.14. The Morgan fingerprint density at radius 1 is 1.05 bits per heavy atom. The van der Waals surface area contributed by atoms with Crippen LogP contribution >= 0.6 is 23.2 Å². The van der Waals surface area contributed by atoms with Gasteiger partial charge in [-0.25, -0.2) is 4.39 Å². The van der Waals surface area contributed by atoms with Crippen molar-refractivity contribution < 1.29 is 4.39 Å². The van der Waals surface area contributed by atoms with E-state index in [0.717, 1.165) is 22.2 Å². The summed E-state index contributed by atoms with van der Waals surface area (Å²) in [5.41, 5.74) is 2.61. The van der Waals surface area contributed by atoms with E-state index < -0.39 is 5.82 Å². The standard InChI is InChI=1S/C16H11Cl2FN2/c17-13-5-3-10(16-12(13)2-1-7-20-16)9-21-11-4-6-15(19)14(18)8-11/h1-8,21H,9H2. The van der Waals surface area contributed by atoms with Crippen molar-refractivity contribution in [3.8, 4) is 0 Å². The van der Waals surface area contributed by atoms with Gasteiger partial charge in [-0.05, 0) is 42.0 Å². The molecule has 5 heteroatoms. The number of hydrogen-bond acceptors (Lipinski definition) is 2. The number of pyridine rings is 1. The van der Waals surface area contributed by atoms with Gasteiger partial charge in [0, 0.05) is 28.8 Å². The summed E-state index contributed by atoms with van der Waals surface area (Å²) in [6.45, 7) is 0.548. The van der Waals surface area contributed by atoms with Gasteiger partial charge >= 0.3 is 0 Å². The molecule has 2 aromatic carbocycles. The van der Waals surface area contributed by atoms with Crippen molar-refractivity contribution in [2.24, 2.45) is 0 Å². The Bertz CT molecular complexity index is 805. The van der Waals surface area contributed by atoms with Gasteiger partial charge in [0.05, 0.1) is 10.5 Å². The van der Waals surface area contributed by atoms with Crippen LogP contribution in [0.3, 0.4) is 0 Å². The van der Waals surface area contributed by atoms with E-state index in [2.05, 4.69) is 10.3 Å². The van der Waals surface area contributed by atoms with Crippen molar-refractivity contribution in [2.45, 2.75) is 6.54 Å². The first-order valence-electron chi connectivity index (χ1n) is 6.36. The number of halogens is 3. The van der Waals surface area contributed by atoms with Crippen molar-refractivity contribution in [1.82, 2.24) is 4.98 Å². The van der Waals surface area contributed by atoms with Gasteiger partial charge < -0.3 is 5.32 Å². The zero-order chi connectivity index (χ0) is 14.8. The summed E-state index contributed by atoms with van der Waals surface area (Å²) >= 11 is 11.9. The highest BCUT2D eigenvalue weighted by Gasteiger charge is 2.06. The van der Waals surface area contributed by atoms with Crippen LogP contribution in [0.15, 0.2) is 48.7 Å². The first-order chi connectivity index (χ1) is 10.1. The summed E-state index contributed by atoms with van der Waals surface area (Å²) in [4.78, 5) is 4.38. The van der Waals surface area contributed by atoms with E-state index in [1.54, 1.807) is 18.3 Å². The molecule has 0 aliphatic carbocycles. The van der Waals surface area contributed by atoms with Crippen LogP contribution in [0.2, 0.25) is 10.0 Å². The van der Waals surface area contributed by atoms with Crippen molar-refractivity contribution in [1.29, 1.82) is 0 Å². The van der Waals surface area contributed by atoms with E-state index in [4.69, 9.17) is 23.2 Å². The minimum absolute atomic E-state index is 0.0964. The highest BCUT2D eigenvalue weighted by Crippen LogP contribution is 2.26. The maximum absolute atomic E-state index is 13.1. The second-order valence-electron chi connectivity index (χ2n) is 4.59. The van der Waals surface area contributed by atoms with Gasteiger partial charge in [0.2, 0.25) is 0 Å². The molecular formula is C16H11Cl2FN2. The van der Waals surface area contributed by atoms with E-state index in [-0.39, 0.29) is 5.02 Å². The number of hydrogen-bond donors (Lipinski definition) is 1. The average molecular weight is 321 g/mol. The van der Waals surface area contributed by atoms with Gasteiger partial charge in [0.1, 0.15) is 5.82 Å². The van der Waals surface area contributed by atoms with Gasteiger partial charge in [-0.3, -0.25) is 4.98 Å². The lowest BCUT2D eigenvalue weighted by Gasteiger charge is -2.10. The first kappa shape index (κ1) is 14.1. The highest BCUT2D eigenvalue weighted by atomic mass is 35.5. The molecule has 21 heavy (non-hydrogen) atoms. The molecule has 0 bridgehead atoms. The topological polar surface area (TPSA) is 24.9 Å². The molecule has 0 aliphatic heterocycles. The molecule has 1 aromatic heterocycles. The van der Waals surface area contributed by atoms with E-state index in [1.807, 2.05) is 24.3 Å². The third-order valence-corrected chi connectivity index (χ3v) is 3.82.